The molecular formula is C27H27N7O2S. The van der Waals surface area contributed by atoms with Gasteiger partial charge in [0.1, 0.15) is 17.3 Å². The fraction of sp³-hybridized carbons (Fsp3) is 0.185. The molecule has 3 N–H and O–H groups in total. The van der Waals surface area contributed by atoms with Crippen molar-refractivity contribution in [1.29, 1.82) is 0 Å². The molecule has 9 nitrogen and oxygen atoms in total. The number of nitrogens with zero attached hydrogens (tertiary/aromatic N) is 4. The first-order valence-corrected chi connectivity index (χ1v) is 12.9. The number of H-pyrrole nitrogens is 1. The second-order valence-electron chi connectivity index (χ2n) is 9.40. The Morgan fingerprint density at radius 1 is 1.05 bits per heavy atom. The Morgan fingerprint density at radius 3 is 2.62 bits per heavy atom. The van der Waals surface area contributed by atoms with Gasteiger partial charge in [0.25, 0.3) is 0 Å². The average Bonchev–Trinajstić information content (AvgIpc) is 3.53. The zero-order valence-corrected chi connectivity index (χ0v) is 21.8. The number of carbonyl (C=O) groups excluding carboxylic acids is 1. The summed E-state index contributed by atoms with van der Waals surface area (Å²) in [6.45, 7) is 6.27. The van der Waals surface area contributed by atoms with E-state index in [1.807, 2.05) is 60.9 Å². The van der Waals surface area contributed by atoms with Crippen molar-refractivity contribution in [3.05, 3.63) is 78.8 Å². The molecule has 0 bridgehead atoms. The number of nitrogens with one attached hydrogen (secondary N) is 3. The number of hydrogen-bond donors (Lipinski definition) is 3. The van der Waals surface area contributed by atoms with Crippen molar-refractivity contribution in [3.8, 4) is 17.2 Å². The number of thioether (sulfide) groups is 1. The molecule has 5 aromatic rings. The minimum absolute atomic E-state index is 0.175. The van der Waals surface area contributed by atoms with Gasteiger partial charge in [0.15, 0.2) is 5.65 Å². The maximum absolute atomic E-state index is 13.1. The number of anilines is 2. The highest BCUT2D eigenvalue weighted by atomic mass is 32.2. The maximum Gasteiger partial charge on any atom is 0.324 e. The predicted molar refractivity (Wildman–Crippen MR) is 147 cm³/mol. The smallest absolute Gasteiger partial charge is 0.324 e. The van der Waals surface area contributed by atoms with Gasteiger partial charge in [-0.15, -0.1) is 11.8 Å². The minimum atomic E-state index is -0.365. The van der Waals surface area contributed by atoms with E-state index in [0.717, 1.165) is 21.7 Å². The molecular weight excluding hydrogens is 486 g/mol. The third-order valence-electron chi connectivity index (χ3n) is 5.68. The van der Waals surface area contributed by atoms with Gasteiger partial charge in [-0.05, 0) is 42.7 Å². The normalized spacial score (nSPS) is 11.5. The number of aromatic nitrogens is 5. The molecule has 2 aromatic carbocycles. The topological polar surface area (TPSA) is 110 Å². The molecule has 3 heterocycles. The van der Waals surface area contributed by atoms with Crippen molar-refractivity contribution in [1.82, 2.24) is 25.0 Å². The first kappa shape index (κ1) is 24.4. The molecule has 0 radical (unpaired) electrons. The molecule has 0 spiro atoms. The molecule has 0 unspecified atom stereocenters. The number of para-hydroxylation sites is 1. The van der Waals surface area contributed by atoms with Gasteiger partial charge in [-0.2, -0.15) is 10.2 Å². The summed E-state index contributed by atoms with van der Waals surface area (Å²) in [6, 6.07) is 18.6. The largest absolute Gasteiger partial charge is 0.456 e. The van der Waals surface area contributed by atoms with Gasteiger partial charge in [0.2, 0.25) is 0 Å². The predicted octanol–water partition coefficient (Wildman–Crippen LogP) is 6.60. The van der Waals surface area contributed by atoms with Crippen LogP contribution in [0.1, 0.15) is 26.5 Å². The van der Waals surface area contributed by atoms with Crippen LogP contribution < -0.4 is 15.4 Å². The van der Waals surface area contributed by atoms with Crippen LogP contribution in [0.25, 0.3) is 16.7 Å². The molecule has 0 aliphatic heterocycles. The Morgan fingerprint density at radius 2 is 1.86 bits per heavy atom. The van der Waals surface area contributed by atoms with Gasteiger partial charge < -0.3 is 10.1 Å². The van der Waals surface area contributed by atoms with E-state index in [0.29, 0.717) is 28.7 Å². The molecule has 3 aromatic heterocycles. The summed E-state index contributed by atoms with van der Waals surface area (Å²) in [7, 11) is 0. The standard InChI is InChI=1S/C27H27N7O2S/c1-27(2,3)23-15-24(34(33-23)17-8-6-5-7-9-17)31-26(35)30-20-11-10-18(14-22(20)37-4)36-21-12-13-28-25-19(21)16-29-32-25/h5-16H,1-4H3,(H,28,29,32)(H2,30,31,35). The van der Waals surface area contributed by atoms with E-state index >= 15 is 0 Å². The van der Waals surface area contributed by atoms with Gasteiger partial charge in [0, 0.05) is 22.6 Å². The van der Waals surface area contributed by atoms with Crippen LogP contribution in [-0.2, 0) is 5.41 Å². The van der Waals surface area contributed by atoms with Crippen LogP contribution in [0, 0.1) is 0 Å². The van der Waals surface area contributed by atoms with Crippen LogP contribution in [0.4, 0.5) is 16.3 Å². The van der Waals surface area contributed by atoms with Gasteiger partial charge in [-0.1, -0.05) is 39.0 Å². The van der Waals surface area contributed by atoms with Gasteiger partial charge >= 0.3 is 6.03 Å². The lowest BCUT2D eigenvalue weighted by Crippen LogP contribution is -2.21. The Bertz CT molecular complexity index is 1550. The number of carbonyl (C=O) groups is 1. The maximum atomic E-state index is 13.1. The van der Waals surface area contributed by atoms with Crippen LogP contribution >= 0.6 is 11.8 Å². The number of benzene rings is 2. The van der Waals surface area contributed by atoms with Crippen molar-refractivity contribution < 1.29 is 9.53 Å². The molecule has 0 aliphatic rings. The van der Waals surface area contributed by atoms with Crippen molar-refractivity contribution in [2.75, 3.05) is 16.9 Å². The molecule has 0 fully saturated rings. The molecule has 37 heavy (non-hydrogen) atoms. The van der Waals surface area contributed by atoms with Crippen LogP contribution in [0.3, 0.4) is 0 Å². The van der Waals surface area contributed by atoms with Crippen LogP contribution in [0.15, 0.2) is 78.0 Å². The SMILES string of the molecule is CSc1cc(Oc2ccnc3[nH]ncc23)ccc1NC(=O)Nc1cc(C(C)(C)C)nn1-c1ccccc1. The third-order valence-corrected chi connectivity index (χ3v) is 6.46. The highest BCUT2D eigenvalue weighted by Crippen LogP contribution is 2.34. The molecule has 10 heteroatoms. The lowest BCUT2D eigenvalue weighted by Gasteiger charge is -2.14. The van der Waals surface area contributed by atoms with Crippen LogP contribution in [-0.4, -0.2) is 37.2 Å². The van der Waals surface area contributed by atoms with Crippen molar-refractivity contribution in [3.63, 3.8) is 0 Å². The lowest BCUT2D eigenvalue weighted by atomic mass is 9.92. The highest BCUT2D eigenvalue weighted by Gasteiger charge is 2.22. The Labute approximate surface area is 218 Å². The average molecular weight is 514 g/mol. The van der Waals surface area contributed by atoms with Crippen LogP contribution in [0.5, 0.6) is 11.5 Å². The number of hydrogen-bond acceptors (Lipinski definition) is 6. The van der Waals surface area contributed by atoms with Crippen molar-refractivity contribution >= 4 is 40.3 Å². The summed E-state index contributed by atoms with van der Waals surface area (Å²) in [5, 5.41) is 18.3. The summed E-state index contributed by atoms with van der Waals surface area (Å²) in [5.41, 5.74) is 2.89. The zero-order chi connectivity index (χ0) is 26.0. The highest BCUT2D eigenvalue weighted by molar-refractivity contribution is 7.98. The third kappa shape index (κ3) is 5.29. The Hall–Kier alpha value is -4.31. The number of rotatable bonds is 6. The number of pyridine rings is 1. The lowest BCUT2D eigenvalue weighted by molar-refractivity contribution is 0.262. The number of urea groups is 1. The van der Waals surface area contributed by atoms with Gasteiger partial charge in [-0.25, -0.2) is 14.5 Å². The first-order chi connectivity index (χ1) is 17.8. The van der Waals surface area contributed by atoms with Crippen molar-refractivity contribution in [2.24, 2.45) is 0 Å². The number of fused-ring (bicyclic) bond motifs is 1. The number of aromatic amines is 1. The molecule has 5 rings (SSSR count). The fourth-order valence-electron chi connectivity index (χ4n) is 3.75. The second-order valence-corrected chi connectivity index (χ2v) is 10.2. The Kier molecular flexibility index (Phi) is 6.58. The summed E-state index contributed by atoms with van der Waals surface area (Å²) in [4.78, 5) is 18.2. The van der Waals surface area contributed by atoms with Gasteiger partial charge in [-0.3, -0.25) is 10.4 Å². The van der Waals surface area contributed by atoms with E-state index in [2.05, 4.69) is 46.6 Å². The summed E-state index contributed by atoms with van der Waals surface area (Å²) < 4.78 is 7.84. The molecule has 2 amide bonds. The fourth-order valence-corrected chi connectivity index (χ4v) is 4.33. The minimum Gasteiger partial charge on any atom is -0.456 e. The first-order valence-electron chi connectivity index (χ1n) is 11.7. The molecule has 188 valence electrons. The molecule has 0 aliphatic carbocycles. The second kappa shape index (κ2) is 9.98. The van der Waals surface area contributed by atoms with E-state index in [9.17, 15) is 4.79 Å². The van der Waals surface area contributed by atoms with Crippen LogP contribution in [0.2, 0.25) is 0 Å². The monoisotopic (exact) mass is 513 g/mol. The number of ether oxygens (including phenoxy) is 1. The molecule has 0 saturated carbocycles. The quantitative estimate of drug-likeness (QED) is 0.221. The van der Waals surface area contributed by atoms with E-state index < -0.39 is 0 Å². The summed E-state index contributed by atoms with van der Waals surface area (Å²) in [6.07, 6.45) is 5.29. The summed E-state index contributed by atoms with van der Waals surface area (Å²) >= 11 is 1.51. The van der Waals surface area contributed by atoms with E-state index in [1.165, 1.54) is 11.8 Å². The summed E-state index contributed by atoms with van der Waals surface area (Å²) in [5.74, 6) is 1.87. The Balaban J connectivity index is 1.36. The number of amides is 2. The molecule has 0 atom stereocenters. The van der Waals surface area contributed by atoms with E-state index in [-0.39, 0.29) is 11.4 Å². The zero-order valence-electron chi connectivity index (χ0n) is 20.9. The van der Waals surface area contributed by atoms with Gasteiger partial charge in [0.05, 0.1) is 28.7 Å². The van der Waals surface area contributed by atoms with E-state index in [4.69, 9.17) is 9.84 Å². The van der Waals surface area contributed by atoms with E-state index in [1.54, 1.807) is 23.1 Å². The van der Waals surface area contributed by atoms with Crippen molar-refractivity contribution in [2.45, 2.75) is 31.1 Å². The molecule has 0 saturated heterocycles.